The first-order valence-electron chi connectivity index (χ1n) is 4.73. The maximum absolute atomic E-state index is 2.18. The first kappa shape index (κ1) is 13.1. The molecule has 0 aromatic rings. The van der Waals surface area contributed by atoms with Crippen LogP contribution in [0.25, 0.3) is 0 Å². The van der Waals surface area contributed by atoms with Gasteiger partial charge in [-0.2, -0.15) is 0 Å². The molecule has 0 aromatic heterocycles. The molecule has 0 unspecified atom stereocenters. The zero-order chi connectivity index (χ0) is 8.95. The average molecular weight is 154 g/mol. The molecule has 0 amide bonds. The third kappa shape index (κ3) is 17.7. The Morgan fingerprint density at radius 2 is 1.18 bits per heavy atom. The summed E-state index contributed by atoms with van der Waals surface area (Å²) in [5, 5.41) is 0. The molecule has 0 aliphatic heterocycles. The van der Waals surface area contributed by atoms with Crippen molar-refractivity contribution in [2.75, 3.05) is 0 Å². The molecule has 0 fully saturated rings. The van der Waals surface area contributed by atoms with Crippen molar-refractivity contribution in [2.45, 2.75) is 47.0 Å². The number of rotatable bonds is 0. The van der Waals surface area contributed by atoms with Crippen LogP contribution in [0.2, 0.25) is 0 Å². The Morgan fingerprint density at radius 3 is 1.27 bits per heavy atom. The topological polar surface area (TPSA) is 0 Å². The normalized spacial score (nSPS) is 12.4. The SMILES string of the molecule is C1=CCCC=C1.CC.CCC. The minimum absolute atomic E-state index is 1.23. The van der Waals surface area contributed by atoms with Gasteiger partial charge in [0.25, 0.3) is 0 Å². The van der Waals surface area contributed by atoms with Crippen molar-refractivity contribution in [3.63, 3.8) is 0 Å². The van der Waals surface area contributed by atoms with E-state index in [4.69, 9.17) is 0 Å². The van der Waals surface area contributed by atoms with E-state index in [2.05, 4.69) is 38.2 Å². The average Bonchev–Trinajstić information content (AvgIpc) is 2.12. The lowest BCUT2D eigenvalue weighted by Gasteiger charge is -1.88. The van der Waals surface area contributed by atoms with Crippen molar-refractivity contribution in [2.24, 2.45) is 0 Å². The summed E-state index contributed by atoms with van der Waals surface area (Å²) >= 11 is 0. The van der Waals surface area contributed by atoms with Crippen molar-refractivity contribution in [3.05, 3.63) is 24.3 Å². The van der Waals surface area contributed by atoms with Gasteiger partial charge < -0.3 is 0 Å². The molecule has 1 aliphatic carbocycles. The highest BCUT2D eigenvalue weighted by Gasteiger charge is 1.77. The molecule has 0 atom stereocenters. The summed E-state index contributed by atoms with van der Waals surface area (Å²) in [7, 11) is 0. The first-order chi connectivity index (χ1) is 5.41. The van der Waals surface area contributed by atoms with E-state index in [1.54, 1.807) is 0 Å². The zero-order valence-electron chi connectivity index (χ0n) is 8.43. The second-order valence-corrected chi connectivity index (χ2v) is 2.14. The Kier molecular flexibility index (Phi) is 19.3. The summed E-state index contributed by atoms with van der Waals surface area (Å²) in [6, 6.07) is 0. The van der Waals surface area contributed by atoms with Gasteiger partial charge in [-0.25, -0.2) is 0 Å². The van der Waals surface area contributed by atoms with Crippen LogP contribution < -0.4 is 0 Å². The van der Waals surface area contributed by atoms with Crippen molar-refractivity contribution in [1.29, 1.82) is 0 Å². The number of hydrogen-bond donors (Lipinski definition) is 0. The van der Waals surface area contributed by atoms with Gasteiger partial charge in [-0.05, 0) is 12.8 Å². The molecule has 1 aliphatic rings. The summed E-state index contributed by atoms with van der Waals surface area (Å²) in [5.41, 5.74) is 0. The van der Waals surface area contributed by atoms with Gasteiger partial charge in [0.2, 0.25) is 0 Å². The van der Waals surface area contributed by atoms with E-state index < -0.39 is 0 Å². The lowest BCUT2D eigenvalue weighted by atomic mass is 10.2. The predicted octanol–water partition coefficient (Wildman–Crippen LogP) is 4.34. The molecule has 0 heterocycles. The highest BCUT2D eigenvalue weighted by molar-refractivity contribution is 5.07. The van der Waals surface area contributed by atoms with Crippen LogP contribution in [0.4, 0.5) is 0 Å². The van der Waals surface area contributed by atoms with E-state index >= 15 is 0 Å². The van der Waals surface area contributed by atoms with Gasteiger partial charge in [0.1, 0.15) is 0 Å². The molecular weight excluding hydrogens is 132 g/mol. The van der Waals surface area contributed by atoms with Gasteiger partial charge in [-0.15, -0.1) is 0 Å². The van der Waals surface area contributed by atoms with Crippen molar-refractivity contribution < 1.29 is 0 Å². The second-order valence-electron chi connectivity index (χ2n) is 2.14. The molecule has 0 spiro atoms. The largest absolute Gasteiger partial charge is 0.0842 e. The minimum Gasteiger partial charge on any atom is -0.0842 e. The number of hydrogen-bond acceptors (Lipinski definition) is 0. The smallest absolute Gasteiger partial charge is 0.0313 e. The predicted molar refractivity (Wildman–Crippen MR) is 54.8 cm³/mol. The summed E-state index contributed by atoms with van der Waals surface area (Å²) < 4.78 is 0. The van der Waals surface area contributed by atoms with Gasteiger partial charge in [0.05, 0.1) is 0 Å². The van der Waals surface area contributed by atoms with Gasteiger partial charge in [0.15, 0.2) is 0 Å². The fourth-order valence-electron chi connectivity index (χ4n) is 0.542. The van der Waals surface area contributed by atoms with Crippen LogP contribution >= 0.6 is 0 Å². The lowest BCUT2D eigenvalue weighted by molar-refractivity contribution is 1.04. The molecule has 1 rings (SSSR count). The standard InChI is InChI=1S/C6H8.C3H8.C2H6/c1-2-4-6-5-3-1;1-3-2;1-2/h1-4H,5-6H2;3H2,1-2H3;1-2H3. The van der Waals surface area contributed by atoms with Crippen LogP contribution in [0, 0.1) is 0 Å². The Hall–Kier alpha value is -0.520. The van der Waals surface area contributed by atoms with E-state index in [1.807, 2.05) is 13.8 Å². The summed E-state index contributed by atoms with van der Waals surface area (Å²) in [4.78, 5) is 0. The first-order valence-corrected chi connectivity index (χ1v) is 4.73. The summed E-state index contributed by atoms with van der Waals surface area (Å²) in [6.07, 6.45) is 12.2. The molecule has 0 nitrogen and oxygen atoms in total. The van der Waals surface area contributed by atoms with Gasteiger partial charge in [-0.1, -0.05) is 58.4 Å². The molecule has 0 heteroatoms. The van der Waals surface area contributed by atoms with E-state index in [0.717, 1.165) is 0 Å². The highest BCUT2D eigenvalue weighted by Crippen LogP contribution is 1.98. The monoisotopic (exact) mass is 154 g/mol. The molecule has 0 saturated heterocycles. The quantitative estimate of drug-likeness (QED) is 0.487. The summed E-state index contributed by atoms with van der Waals surface area (Å²) in [5.74, 6) is 0. The third-order valence-corrected chi connectivity index (χ3v) is 0.883. The van der Waals surface area contributed by atoms with Crippen molar-refractivity contribution >= 4 is 0 Å². The fraction of sp³-hybridized carbons (Fsp3) is 0.636. The highest BCUT2D eigenvalue weighted by atomic mass is 13.8. The summed E-state index contributed by atoms with van der Waals surface area (Å²) in [6.45, 7) is 8.25. The lowest BCUT2D eigenvalue weighted by Crippen LogP contribution is -1.67. The Morgan fingerprint density at radius 1 is 0.909 bits per heavy atom. The Bertz CT molecular complexity index is 76.2. The third-order valence-electron chi connectivity index (χ3n) is 0.883. The maximum atomic E-state index is 2.18. The molecule has 0 saturated carbocycles. The van der Waals surface area contributed by atoms with Gasteiger partial charge >= 0.3 is 0 Å². The van der Waals surface area contributed by atoms with Crippen LogP contribution in [-0.2, 0) is 0 Å². The number of allylic oxidation sites excluding steroid dienone is 4. The van der Waals surface area contributed by atoms with Gasteiger partial charge in [-0.3, -0.25) is 0 Å². The van der Waals surface area contributed by atoms with Gasteiger partial charge in [0, 0.05) is 0 Å². The second kappa shape index (κ2) is 16.2. The molecule has 11 heavy (non-hydrogen) atoms. The van der Waals surface area contributed by atoms with E-state index in [9.17, 15) is 0 Å². The Labute approximate surface area is 72.0 Å². The molecule has 0 aromatic carbocycles. The molecule has 0 radical (unpaired) electrons. The molecule has 66 valence electrons. The van der Waals surface area contributed by atoms with E-state index in [1.165, 1.54) is 19.3 Å². The Balaban J connectivity index is 0. The van der Waals surface area contributed by atoms with Crippen LogP contribution in [-0.4, -0.2) is 0 Å². The van der Waals surface area contributed by atoms with Crippen LogP contribution in [0.5, 0.6) is 0 Å². The minimum atomic E-state index is 1.23. The van der Waals surface area contributed by atoms with Crippen LogP contribution in [0.1, 0.15) is 47.0 Å². The van der Waals surface area contributed by atoms with Crippen LogP contribution in [0.3, 0.4) is 0 Å². The van der Waals surface area contributed by atoms with E-state index in [0.29, 0.717) is 0 Å². The van der Waals surface area contributed by atoms with Crippen molar-refractivity contribution in [3.8, 4) is 0 Å². The van der Waals surface area contributed by atoms with Crippen LogP contribution in [0.15, 0.2) is 24.3 Å². The molecule has 0 N–H and O–H groups in total. The maximum Gasteiger partial charge on any atom is -0.0313 e. The van der Waals surface area contributed by atoms with Crippen molar-refractivity contribution in [1.82, 2.24) is 0 Å². The van der Waals surface area contributed by atoms with E-state index in [-0.39, 0.29) is 0 Å². The zero-order valence-corrected chi connectivity index (χ0v) is 8.43. The fourth-order valence-corrected chi connectivity index (χ4v) is 0.542. The molecule has 0 bridgehead atoms. The molecular formula is C11H22.